The number of aromatic nitrogens is 2. The topological polar surface area (TPSA) is 64.9 Å². The predicted octanol–water partition coefficient (Wildman–Crippen LogP) is 2.63. The van der Waals surface area contributed by atoms with Gasteiger partial charge >= 0.3 is 0 Å². The van der Waals surface area contributed by atoms with E-state index in [0.29, 0.717) is 17.5 Å². The van der Waals surface area contributed by atoms with Gasteiger partial charge in [0, 0.05) is 17.4 Å². The van der Waals surface area contributed by atoms with E-state index >= 15 is 0 Å². The van der Waals surface area contributed by atoms with Crippen LogP contribution < -0.4 is 5.73 Å². The van der Waals surface area contributed by atoms with Crippen molar-refractivity contribution in [2.24, 2.45) is 5.73 Å². The maximum absolute atomic E-state index is 5.68. The van der Waals surface area contributed by atoms with E-state index in [9.17, 15) is 0 Å². The van der Waals surface area contributed by atoms with Gasteiger partial charge < -0.3 is 10.2 Å². The normalized spacial score (nSPS) is 12.6. The molecular formula is C13H17N3OS. The van der Waals surface area contributed by atoms with Gasteiger partial charge in [-0.1, -0.05) is 17.7 Å². The number of aryl methyl sites for hydroxylation is 1. The summed E-state index contributed by atoms with van der Waals surface area (Å²) in [5.41, 5.74) is 7.85. The first-order chi connectivity index (χ1) is 8.65. The summed E-state index contributed by atoms with van der Waals surface area (Å²) >= 11 is 1.70. The molecule has 1 aromatic heterocycles. The van der Waals surface area contributed by atoms with Gasteiger partial charge in [0.1, 0.15) is 0 Å². The van der Waals surface area contributed by atoms with Gasteiger partial charge in [-0.25, -0.2) is 0 Å². The Morgan fingerprint density at radius 2 is 2.00 bits per heavy atom. The first-order valence-electron chi connectivity index (χ1n) is 5.88. The van der Waals surface area contributed by atoms with Gasteiger partial charge in [-0.3, -0.25) is 0 Å². The summed E-state index contributed by atoms with van der Waals surface area (Å²) in [6.07, 6.45) is 0. The molecule has 0 aliphatic heterocycles. The van der Waals surface area contributed by atoms with Gasteiger partial charge in [-0.05, 0) is 26.0 Å². The molecule has 1 heterocycles. The number of benzene rings is 1. The van der Waals surface area contributed by atoms with Crippen LogP contribution in [0, 0.1) is 6.92 Å². The van der Waals surface area contributed by atoms with E-state index < -0.39 is 0 Å². The molecule has 0 amide bonds. The minimum Gasteiger partial charge on any atom is -0.420 e. The van der Waals surface area contributed by atoms with Crippen molar-refractivity contribution in [3.05, 3.63) is 35.7 Å². The average Bonchev–Trinajstić information content (AvgIpc) is 2.78. The SMILES string of the molecule is Cc1ccc(-c2nnc(CSCC(C)N)o2)cc1. The highest BCUT2D eigenvalue weighted by Crippen LogP contribution is 2.20. The predicted molar refractivity (Wildman–Crippen MR) is 74.3 cm³/mol. The molecule has 1 unspecified atom stereocenters. The maximum Gasteiger partial charge on any atom is 0.247 e. The quantitative estimate of drug-likeness (QED) is 0.898. The molecule has 0 fully saturated rings. The number of hydrogen-bond acceptors (Lipinski definition) is 5. The summed E-state index contributed by atoms with van der Waals surface area (Å²) in [6.45, 7) is 4.03. The summed E-state index contributed by atoms with van der Waals surface area (Å²) < 4.78 is 5.61. The first-order valence-corrected chi connectivity index (χ1v) is 7.03. The Balaban J connectivity index is 1.99. The highest BCUT2D eigenvalue weighted by Gasteiger charge is 2.08. The third-order valence-electron chi connectivity index (χ3n) is 2.37. The van der Waals surface area contributed by atoms with Crippen LogP contribution in [0.15, 0.2) is 28.7 Å². The molecule has 0 spiro atoms. The number of nitrogens with zero attached hydrogens (tertiary/aromatic N) is 2. The van der Waals surface area contributed by atoms with Crippen LogP contribution in [0.25, 0.3) is 11.5 Å². The van der Waals surface area contributed by atoms with Crippen molar-refractivity contribution < 1.29 is 4.42 Å². The van der Waals surface area contributed by atoms with Crippen LogP contribution in [0.3, 0.4) is 0 Å². The second kappa shape index (κ2) is 6.02. The zero-order valence-electron chi connectivity index (χ0n) is 10.6. The monoisotopic (exact) mass is 263 g/mol. The Morgan fingerprint density at radius 1 is 1.28 bits per heavy atom. The Hall–Kier alpha value is -1.33. The van der Waals surface area contributed by atoms with E-state index in [2.05, 4.69) is 10.2 Å². The lowest BCUT2D eigenvalue weighted by Gasteiger charge is -2.01. The lowest BCUT2D eigenvalue weighted by atomic mass is 10.1. The molecule has 5 heteroatoms. The van der Waals surface area contributed by atoms with E-state index in [1.807, 2.05) is 38.1 Å². The molecule has 2 aromatic rings. The Morgan fingerprint density at radius 3 is 2.67 bits per heavy atom. The van der Waals surface area contributed by atoms with Crippen LogP contribution in [0.4, 0.5) is 0 Å². The molecule has 18 heavy (non-hydrogen) atoms. The largest absolute Gasteiger partial charge is 0.420 e. The third-order valence-corrected chi connectivity index (χ3v) is 3.58. The summed E-state index contributed by atoms with van der Waals surface area (Å²) in [7, 11) is 0. The zero-order valence-corrected chi connectivity index (χ0v) is 11.4. The van der Waals surface area contributed by atoms with Gasteiger partial charge in [0.05, 0.1) is 5.75 Å². The second-order valence-corrected chi connectivity index (χ2v) is 5.39. The van der Waals surface area contributed by atoms with E-state index in [1.165, 1.54) is 5.56 Å². The highest BCUT2D eigenvalue weighted by molar-refractivity contribution is 7.98. The van der Waals surface area contributed by atoms with Crippen LogP contribution in [-0.2, 0) is 5.75 Å². The van der Waals surface area contributed by atoms with Crippen molar-refractivity contribution >= 4 is 11.8 Å². The molecule has 0 aliphatic carbocycles. The van der Waals surface area contributed by atoms with Crippen LogP contribution >= 0.6 is 11.8 Å². The smallest absolute Gasteiger partial charge is 0.247 e. The molecule has 0 saturated carbocycles. The summed E-state index contributed by atoms with van der Waals surface area (Å²) in [4.78, 5) is 0. The fraction of sp³-hybridized carbons (Fsp3) is 0.385. The number of nitrogens with two attached hydrogens (primary N) is 1. The fourth-order valence-corrected chi connectivity index (χ4v) is 2.24. The fourth-order valence-electron chi connectivity index (χ4n) is 1.46. The van der Waals surface area contributed by atoms with Gasteiger partial charge in [-0.2, -0.15) is 11.8 Å². The summed E-state index contributed by atoms with van der Waals surface area (Å²) in [6, 6.07) is 8.23. The van der Waals surface area contributed by atoms with Gasteiger partial charge in [0.2, 0.25) is 11.8 Å². The average molecular weight is 263 g/mol. The van der Waals surface area contributed by atoms with Gasteiger partial charge in [0.15, 0.2) is 0 Å². The Labute approximate surface area is 111 Å². The number of thioether (sulfide) groups is 1. The van der Waals surface area contributed by atoms with Gasteiger partial charge in [-0.15, -0.1) is 10.2 Å². The lowest BCUT2D eigenvalue weighted by molar-refractivity contribution is 0.528. The van der Waals surface area contributed by atoms with Crippen LogP contribution in [0.1, 0.15) is 18.4 Å². The van der Waals surface area contributed by atoms with E-state index in [1.54, 1.807) is 11.8 Å². The first kappa shape index (κ1) is 13.1. The van der Waals surface area contributed by atoms with Crippen molar-refractivity contribution in [3.8, 4) is 11.5 Å². The van der Waals surface area contributed by atoms with Crippen LogP contribution in [0.2, 0.25) is 0 Å². The maximum atomic E-state index is 5.68. The molecule has 2 N–H and O–H groups in total. The molecule has 1 atom stereocenters. The standard InChI is InChI=1S/C13H17N3OS/c1-9-3-5-11(6-4-9)13-16-15-12(17-13)8-18-7-10(2)14/h3-6,10H,7-8,14H2,1-2H3. The zero-order chi connectivity index (χ0) is 13.0. The minimum atomic E-state index is 0.189. The van der Waals surface area contributed by atoms with Crippen LogP contribution in [-0.4, -0.2) is 22.0 Å². The molecule has 4 nitrogen and oxygen atoms in total. The molecular weight excluding hydrogens is 246 g/mol. The van der Waals surface area contributed by atoms with Crippen molar-refractivity contribution in [2.75, 3.05) is 5.75 Å². The van der Waals surface area contributed by atoms with E-state index in [-0.39, 0.29) is 6.04 Å². The number of rotatable bonds is 5. The molecule has 0 radical (unpaired) electrons. The third kappa shape index (κ3) is 3.58. The molecule has 0 aliphatic rings. The number of hydrogen-bond donors (Lipinski definition) is 1. The molecule has 0 bridgehead atoms. The highest BCUT2D eigenvalue weighted by atomic mass is 32.2. The summed E-state index contributed by atoms with van der Waals surface area (Å²) in [5.74, 6) is 2.82. The molecule has 96 valence electrons. The molecule has 0 saturated heterocycles. The minimum absolute atomic E-state index is 0.189. The molecule has 2 rings (SSSR count). The van der Waals surface area contributed by atoms with Crippen molar-refractivity contribution in [2.45, 2.75) is 25.6 Å². The Bertz CT molecular complexity index is 493. The lowest BCUT2D eigenvalue weighted by Crippen LogP contribution is -2.17. The van der Waals surface area contributed by atoms with E-state index in [4.69, 9.17) is 10.2 Å². The van der Waals surface area contributed by atoms with Crippen LogP contribution in [0.5, 0.6) is 0 Å². The Kier molecular flexibility index (Phi) is 4.38. The van der Waals surface area contributed by atoms with Crippen molar-refractivity contribution in [3.63, 3.8) is 0 Å². The van der Waals surface area contributed by atoms with Gasteiger partial charge in [0.25, 0.3) is 0 Å². The van der Waals surface area contributed by atoms with Crippen molar-refractivity contribution in [1.82, 2.24) is 10.2 Å². The van der Waals surface area contributed by atoms with E-state index in [0.717, 1.165) is 11.3 Å². The molecule has 1 aromatic carbocycles. The van der Waals surface area contributed by atoms with Crippen molar-refractivity contribution in [1.29, 1.82) is 0 Å². The summed E-state index contributed by atoms with van der Waals surface area (Å²) in [5, 5.41) is 8.09. The second-order valence-electron chi connectivity index (χ2n) is 4.36.